The lowest BCUT2D eigenvalue weighted by Gasteiger charge is -2.11. The fourth-order valence-electron chi connectivity index (χ4n) is 1.91. The maximum absolute atomic E-state index is 5.37. The van der Waals surface area contributed by atoms with Gasteiger partial charge in [0, 0.05) is 6.04 Å². The van der Waals surface area contributed by atoms with Crippen LogP contribution in [0.1, 0.15) is 32.3 Å². The highest BCUT2D eigenvalue weighted by molar-refractivity contribution is 5.40. The van der Waals surface area contributed by atoms with Gasteiger partial charge in [0.05, 0.1) is 14.2 Å². The van der Waals surface area contributed by atoms with E-state index < -0.39 is 0 Å². The van der Waals surface area contributed by atoms with Crippen molar-refractivity contribution in [3.63, 3.8) is 0 Å². The third-order valence-electron chi connectivity index (χ3n) is 2.91. The number of rotatable bonds is 8. The topological polar surface area (TPSA) is 30.5 Å². The van der Waals surface area contributed by atoms with Crippen molar-refractivity contribution in [1.29, 1.82) is 0 Å². The highest BCUT2D eigenvalue weighted by Gasteiger charge is 2.04. The fourth-order valence-corrected chi connectivity index (χ4v) is 1.91. The molecule has 0 aliphatic rings. The smallest absolute Gasteiger partial charge is 0.122 e. The standard InChI is InChI=1S/C15H25NO2/c1-12(2)16-10-6-5-7-13-11-14(17-3)8-9-15(13)18-4/h8-9,11-12,16H,5-7,10H2,1-4H3. The van der Waals surface area contributed by atoms with E-state index in [2.05, 4.69) is 25.2 Å². The van der Waals surface area contributed by atoms with Gasteiger partial charge in [-0.2, -0.15) is 0 Å². The van der Waals surface area contributed by atoms with E-state index in [-0.39, 0.29) is 0 Å². The molecule has 0 aliphatic carbocycles. The summed E-state index contributed by atoms with van der Waals surface area (Å²) in [6, 6.07) is 6.54. The van der Waals surface area contributed by atoms with Crippen molar-refractivity contribution in [1.82, 2.24) is 5.32 Å². The summed E-state index contributed by atoms with van der Waals surface area (Å²) in [6.07, 6.45) is 3.36. The van der Waals surface area contributed by atoms with Gasteiger partial charge in [0.1, 0.15) is 11.5 Å². The average molecular weight is 251 g/mol. The van der Waals surface area contributed by atoms with E-state index in [0.29, 0.717) is 6.04 Å². The van der Waals surface area contributed by atoms with Gasteiger partial charge in [0.15, 0.2) is 0 Å². The van der Waals surface area contributed by atoms with Crippen LogP contribution in [0, 0.1) is 0 Å². The van der Waals surface area contributed by atoms with Gasteiger partial charge in [-0.05, 0) is 49.6 Å². The number of nitrogens with one attached hydrogen (secondary N) is 1. The average Bonchev–Trinajstić information content (AvgIpc) is 2.37. The molecule has 1 aromatic rings. The Hall–Kier alpha value is -1.22. The zero-order valence-corrected chi connectivity index (χ0v) is 12.0. The molecule has 0 unspecified atom stereocenters. The van der Waals surface area contributed by atoms with Crippen LogP contribution in [-0.4, -0.2) is 26.8 Å². The summed E-state index contributed by atoms with van der Waals surface area (Å²) in [6.45, 7) is 5.42. The molecular weight excluding hydrogens is 226 g/mol. The monoisotopic (exact) mass is 251 g/mol. The first-order valence-corrected chi connectivity index (χ1v) is 6.61. The second-order valence-corrected chi connectivity index (χ2v) is 4.74. The van der Waals surface area contributed by atoms with Crippen LogP contribution in [0.2, 0.25) is 0 Å². The molecular formula is C15H25NO2. The molecule has 0 bridgehead atoms. The highest BCUT2D eigenvalue weighted by Crippen LogP contribution is 2.25. The molecule has 0 saturated carbocycles. The molecule has 1 N–H and O–H groups in total. The Morgan fingerprint density at radius 3 is 2.50 bits per heavy atom. The SMILES string of the molecule is COc1ccc(OC)c(CCCCNC(C)C)c1. The van der Waals surface area contributed by atoms with E-state index in [1.807, 2.05) is 12.1 Å². The Balaban J connectivity index is 2.44. The lowest BCUT2D eigenvalue weighted by Crippen LogP contribution is -2.23. The van der Waals surface area contributed by atoms with Gasteiger partial charge in [-0.3, -0.25) is 0 Å². The maximum Gasteiger partial charge on any atom is 0.122 e. The summed E-state index contributed by atoms with van der Waals surface area (Å²) in [5.41, 5.74) is 1.22. The number of unbranched alkanes of at least 4 members (excludes halogenated alkanes) is 1. The molecule has 102 valence electrons. The van der Waals surface area contributed by atoms with Gasteiger partial charge in [0.25, 0.3) is 0 Å². The van der Waals surface area contributed by atoms with Gasteiger partial charge in [-0.25, -0.2) is 0 Å². The van der Waals surface area contributed by atoms with Crippen LogP contribution in [0.5, 0.6) is 11.5 Å². The molecule has 0 spiro atoms. The lowest BCUT2D eigenvalue weighted by atomic mass is 10.1. The summed E-state index contributed by atoms with van der Waals surface area (Å²) in [7, 11) is 3.41. The second-order valence-electron chi connectivity index (χ2n) is 4.74. The highest BCUT2D eigenvalue weighted by atomic mass is 16.5. The van der Waals surface area contributed by atoms with Crippen molar-refractivity contribution >= 4 is 0 Å². The zero-order chi connectivity index (χ0) is 13.4. The summed E-state index contributed by atoms with van der Waals surface area (Å²) in [5, 5.41) is 3.43. The Kier molecular flexibility index (Phi) is 6.58. The fraction of sp³-hybridized carbons (Fsp3) is 0.600. The second kappa shape index (κ2) is 7.98. The van der Waals surface area contributed by atoms with E-state index in [9.17, 15) is 0 Å². The molecule has 0 radical (unpaired) electrons. The molecule has 3 nitrogen and oxygen atoms in total. The Labute approximate surface area is 110 Å². The van der Waals surface area contributed by atoms with Gasteiger partial charge in [-0.1, -0.05) is 13.8 Å². The number of methoxy groups -OCH3 is 2. The molecule has 1 rings (SSSR count). The van der Waals surface area contributed by atoms with E-state index in [4.69, 9.17) is 9.47 Å². The van der Waals surface area contributed by atoms with Crippen LogP contribution in [0.15, 0.2) is 18.2 Å². The van der Waals surface area contributed by atoms with E-state index in [0.717, 1.165) is 30.9 Å². The van der Waals surface area contributed by atoms with Crippen LogP contribution < -0.4 is 14.8 Å². The maximum atomic E-state index is 5.37. The first-order chi connectivity index (χ1) is 8.67. The van der Waals surface area contributed by atoms with Gasteiger partial charge in [0.2, 0.25) is 0 Å². The number of ether oxygens (including phenoxy) is 2. The Morgan fingerprint density at radius 2 is 1.89 bits per heavy atom. The van der Waals surface area contributed by atoms with Gasteiger partial charge >= 0.3 is 0 Å². The summed E-state index contributed by atoms with van der Waals surface area (Å²) >= 11 is 0. The molecule has 0 saturated heterocycles. The third-order valence-corrected chi connectivity index (χ3v) is 2.91. The van der Waals surface area contributed by atoms with Gasteiger partial charge in [-0.15, -0.1) is 0 Å². The lowest BCUT2D eigenvalue weighted by molar-refractivity contribution is 0.398. The van der Waals surface area contributed by atoms with Crippen molar-refractivity contribution in [2.75, 3.05) is 20.8 Å². The van der Waals surface area contributed by atoms with Crippen molar-refractivity contribution in [2.45, 2.75) is 39.2 Å². The van der Waals surface area contributed by atoms with Crippen molar-refractivity contribution in [2.24, 2.45) is 0 Å². The summed E-state index contributed by atoms with van der Waals surface area (Å²) < 4.78 is 10.6. The first-order valence-electron chi connectivity index (χ1n) is 6.61. The Bertz CT molecular complexity index is 350. The van der Waals surface area contributed by atoms with Crippen LogP contribution >= 0.6 is 0 Å². The molecule has 1 aromatic carbocycles. The Morgan fingerprint density at radius 1 is 1.11 bits per heavy atom. The van der Waals surface area contributed by atoms with Gasteiger partial charge < -0.3 is 14.8 Å². The predicted molar refractivity (Wildman–Crippen MR) is 75.6 cm³/mol. The summed E-state index contributed by atoms with van der Waals surface area (Å²) in [4.78, 5) is 0. The number of benzene rings is 1. The minimum absolute atomic E-state index is 0.566. The molecule has 0 aromatic heterocycles. The van der Waals surface area contributed by atoms with Crippen LogP contribution in [0.3, 0.4) is 0 Å². The summed E-state index contributed by atoms with van der Waals surface area (Å²) in [5.74, 6) is 1.85. The molecule has 3 heteroatoms. The molecule has 0 heterocycles. The van der Waals surface area contributed by atoms with E-state index >= 15 is 0 Å². The molecule has 18 heavy (non-hydrogen) atoms. The first kappa shape index (κ1) is 14.8. The number of hydrogen-bond acceptors (Lipinski definition) is 3. The number of aryl methyl sites for hydroxylation is 1. The van der Waals surface area contributed by atoms with Crippen molar-refractivity contribution in [3.8, 4) is 11.5 Å². The van der Waals surface area contributed by atoms with Crippen molar-refractivity contribution < 1.29 is 9.47 Å². The largest absolute Gasteiger partial charge is 0.497 e. The minimum atomic E-state index is 0.566. The van der Waals surface area contributed by atoms with Crippen LogP contribution in [0.25, 0.3) is 0 Å². The van der Waals surface area contributed by atoms with Crippen molar-refractivity contribution in [3.05, 3.63) is 23.8 Å². The quantitative estimate of drug-likeness (QED) is 0.720. The molecule has 0 amide bonds. The van der Waals surface area contributed by atoms with Crippen LogP contribution in [0.4, 0.5) is 0 Å². The van der Waals surface area contributed by atoms with E-state index in [1.54, 1.807) is 14.2 Å². The third kappa shape index (κ3) is 4.96. The predicted octanol–water partition coefficient (Wildman–Crippen LogP) is 3.02. The van der Waals surface area contributed by atoms with E-state index in [1.165, 1.54) is 12.0 Å². The molecule has 0 fully saturated rings. The molecule has 0 aliphatic heterocycles. The zero-order valence-electron chi connectivity index (χ0n) is 12.0. The normalized spacial score (nSPS) is 10.7. The minimum Gasteiger partial charge on any atom is -0.497 e. The van der Waals surface area contributed by atoms with Crippen LogP contribution in [-0.2, 0) is 6.42 Å². The molecule has 0 atom stereocenters. The number of hydrogen-bond donors (Lipinski definition) is 1.